The van der Waals surface area contributed by atoms with E-state index in [-0.39, 0.29) is 0 Å². The molecule has 0 amide bonds. The average Bonchev–Trinajstić information content (AvgIpc) is 2.90. The Morgan fingerprint density at radius 1 is 1.16 bits per heavy atom. The van der Waals surface area contributed by atoms with Gasteiger partial charge in [0.15, 0.2) is 0 Å². The van der Waals surface area contributed by atoms with Crippen molar-refractivity contribution in [2.45, 2.75) is 13.0 Å². The van der Waals surface area contributed by atoms with E-state index in [1.807, 2.05) is 12.3 Å². The van der Waals surface area contributed by atoms with Crippen LogP contribution in [0.5, 0.6) is 0 Å². The third-order valence-corrected chi connectivity index (χ3v) is 3.68. The number of aromatic nitrogens is 3. The molecule has 0 spiro atoms. The molecule has 0 atom stereocenters. The molecule has 4 nitrogen and oxygen atoms in total. The molecule has 0 saturated heterocycles. The number of H-pyrrole nitrogens is 1. The van der Waals surface area contributed by atoms with Gasteiger partial charge in [-0.1, -0.05) is 18.2 Å². The smallest absolute Gasteiger partial charge is 0.138 e. The molecule has 0 aliphatic carbocycles. The topological polar surface area (TPSA) is 53.6 Å². The summed E-state index contributed by atoms with van der Waals surface area (Å²) in [7, 11) is 0. The van der Waals surface area contributed by atoms with Crippen LogP contribution in [-0.4, -0.2) is 21.5 Å². The van der Waals surface area contributed by atoms with Crippen LogP contribution in [0.25, 0.3) is 22.4 Å². The fraction of sp³-hybridized carbons (Fsp3) is 0.200. The molecule has 0 unspecified atom stereocenters. The first-order valence-corrected chi connectivity index (χ1v) is 6.53. The number of nitrogens with one attached hydrogen (secondary N) is 2. The predicted octanol–water partition coefficient (Wildman–Crippen LogP) is 2.27. The van der Waals surface area contributed by atoms with Crippen LogP contribution in [0.2, 0.25) is 0 Å². The van der Waals surface area contributed by atoms with Crippen LogP contribution in [-0.2, 0) is 13.0 Å². The van der Waals surface area contributed by atoms with Crippen molar-refractivity contribution in [1.82, 2.24) is 20.3 Å². The molecule has 4 rings (SSSR count). The minimum atomic E-state index is 0.946. The van der Waals surface area contributed by atoms with Gasteiger partial charge in [0.25, 0.3) is 0 Å². The van der Waals surface area contributed by atoms with E-state index in [0.29, 0.717) is 0 Å². The first kappa shape index (κ1) is 10.7. The van der Waals surface area contributed by atoms with Crippen LogP contribution >= 0.6 is 0 Å². The van der Waals surface area contributed by atoms with Crippen molar-refractivity contribution in [1.29, 1.82) is 0 Å². The van der Waals surface area contributed by atoms with Gasteiger partial charge >= 0.3 is 0 Å². The van der Waals surface area contributed by atoms with E-state index in [4.69, 9.17) is 0 Å². The van der Waals surface area contributed by atoms with E-state index in [9.17, 15) is 0 Å². The lowest BCUT2D eigenvalue weighted by Crippen LogP contribution is -2.24. The average molecular weight is 250 g/mol. The zero-order chi connectivity index (χ0) is 12.7. The third-order valence-electron chi connectivity index (χ3n) is 3.68. The maximum absolute atomic E-state index is 4.68. The highest BCUT2D eigenvalue weighted by Gasteiger charge is 2.15. The number of imidazole rings is 1. The molecule has 94 valence electrons. The Morgan fingerprint density at radius 2 is 2.16 bits per heavy atom. The number of hydrogen-bond acceptors (Lipinski definition) is 3. The lowest BCUT2D eigenvalue weighted by molar-refractivity contribution is 0.644. The molecule has 3 aromatic rings. The number of pyridine rings is 1. The maximum Gasteiger partial charge on any atom is 0.138 e. The maximum atomic E-state index is 4.68. The molecule has 0 bridgehead atoms. The molecule has 2 N–H and O–H groups in total. The zero-order valence-corrected chi connectivity index (χ0v) is 10.5. The van der Waals surface area contributed by atoms with Crippen molar-refractivity contribution < 1.29 is 0 Å². The van der Waals surface area contributed by atoms with Crippen molar-refractivity contribution >= 4 is 11.0 Å². The van der Waals surface area contributed by atoms with Crippen LogP contribution in [0.4, 0.5) is 0 Å². The summed E-state index contributed by atoms with van der Waals surface area (Å²) in [6, 6.07) is 8.38. The highest BCUT2D eigenvalue weighted by Crippen LogP contribution is 2.27. The summed E-state index contributed by atoms with van der Waals surface area (Å²) in [6.45, 7) is 1.98. The number of rotatable bonds is 1. The fourth-order valence-corrected chi connectivity index (χ4v) is 2.74. The highest BCUT2D eigenvalue weighted by molar-refractivity contribution is 5.79. The first-order valence-electron chi connectivity index (χ1n) is 6.53. The molecule has 1 aliphatic rings. The second-order valence-electron chi connectivity index (χ2n) is 4.85. The van der Waals surface area contributed by atoms with Crippen LogP contribution in [0.3, 0.4) is 0 Å². The van der Waals surface area contributed by atoms with E-state index in [0.717, 1.165) is 36.4 Å². The van der Waals surface area contributed by atoms with Crippen molar-refractivity contribution in [3.05, 3.63) is 47.8 Å². The summed E-state index contributed by atoms with van der Waals surface area (Å²) in [5.74, 6) is 0.946. The van der Waals surface area contributed by atoms with Gasteiger partial charge in [0.2, 0.25) is 0 Å². The van der Waals surface area contributed by atoms with Crippen molar-refractivity contribution in [2.24, 2.45) is 0 Å². The number of fused-ring (bicyclic) bond motifs is 2. The lowest BCUT2D eigenvalue weighted by Gasteiger charge is -2.19. The van der Waals surface area contributed by atoms with E-state index in [2.05, 4.69) is 38.5 Å². The standard InChI is InChI=1S/C15H14N4/c1-2-10-8-16-6-4-11(10)12(3-1)15-18-13-5-7-17-9-14(13)19-15/h1-3,5,7,9,16H,4,6,8H2,(H,18,19). The molecule has 0 saturated carbocycles. The van der Waals surface area contributed by atoms with Gasteiger partial charge in [-0.15, -0.1) is 0 Å². The number of nitrogens with zero attached hydrogens (tertiary/aromatic N) is 2. The molecule has 2 aromatic heterocycles. The quantitative estimate of drug-likeness (QED) is 0.696. The summed E-state index contributed by atoms with van der Waals surface area (Å²) in [5, 5.41) is 3.41. The van der Waals surface area contributed by atoms with Gasteiger partial charge in [-0.25, -0.2) is 4.98 Å². The van der Waals surface area contributed by atoms with E-state index < -0.39 is 0 Å². The zero-order valence-electron chi connectivity index (χ0n) is 10.5. The van der Waals surface area contributed by atoms with E-state index >= 15 is 0 Å². The Bertz CT molecular complexity index is 712. The highest BCUT2D eigenvalue weighted by atomic mass is 14.9. The summed E-state index contributed by atoms with van der Waals surface area (Å²) in [6.07, 6.45) is 4.65. The van der Waals surface area contributed by atoms with Crippen LogP contribution in [0.1, 0.15) is 11.1 Å². The lowest BCUT2D eigenvalue weighted by atomic mass is 9.95. The Kier molecular flexibility index (Phi) is 2.35. The monoisotopic (exact) mass is 250 g/mol. The predicted molar refractivity (Wildman–Crippen MR) is 74.7 cm³/mol. The van der Waals surface area contributed by atoms with Crippen LogP contribution < -0.4 is 5.32 Å². The van der Waals surface area contributed by atoms with Crippen LogP contribution in [0, 0.1) is 0 Å². The normalized spacial score (nSPS) is 14.5. The molecule has 1 aliphatic heterocycles. The molecule has 0 fully saturated rings. The second-order valence-corrected chi connectivity index (χ2v) is 4.85. The van der Waals surface area contributed by atoms with Gasteiger partial charge < -0.3 is 10.3 Å². The van der Waals surface area contributed by atoms with Crippen molar-refractivity contribution in [2.75, 3.05) is 6.54 Å². The summed E-state index contributed by atoms with van der Waals surface area (Å²) in [5.41, 5.74) is 5.96. The Labute approximate surface area is 110 Å². The molecule has 19 heavy (non-hydrogen) atoms. The molecule has 3 heterocycles. The minimum absolute atomic E-state index is 0.946. The summed E-state index contributed by atoms with van der Waals surface area (Å²) in [4.78, 5) is 12.2. The molecular formula is C15H14N4. The van der Waals surface area contributed by atoms with Gasteiger partial charge in [-0.3, -0.25) is 4.98 Å². The molecular weight excluding hydrogens is 236 g/mol. The first-order chi connectivity index (χ1) is 9.42. The largest absolute Gasteiger partial charge is 0.337 e. The van der Waals surface area contributed by atoms with Gasteiger partial charge in [-0.2, -0.15) is 0 Å². The van der Waals surface area contributed by atoms with Gasteiger partial charge in [0.05, 0.1) is 17.2 Å². The molecule has 1 aromatic carbocycles. The summed E-state index contributed by atoms with van der Waals surface area (Å²) < 4.78 is 0. The Hall–Kier alpha value is -2.20. The number of hydrogen-bond donors (Lipinski definition) is 2. The minimum Gasteiger partial charge on any atom is -0.337 e. The SMILES string of the molecule is c1cc2c(c(-c3nc4ccncc4[nH]3)c1)CCNC2. The fourth-order valence-electron chi connectivity index (χ4n) is 2.74. The van der Waals surface area contributed by atoms with Crippen molar-refractivity contribution in [3.8, 4) is 11.4 Å². The second kappa shape index (κ2) is 4.17. The number of aromatic amines is 1. The van der Waals surface area contributed by atoms with E-state index in [1.54, 1.807) is 6.20 Å². The molecule has 0 radical (unpaired) electrons. The summed E-state index contributed by atoms with van der Waals surface area (Å²) >= 11 is 0. The van der Waals surface area contributed by atoms with Crippen LogP contribution in [0.15, 0.2) is 36.7 Å². The third kappa shape index (κ3) is 1.72. The van der Waals surface area contributed by atoms with E-state index in [1.165, 1.54) is 16.7 Å². The molecule has 4 heteroatoms. The van der Waals surface area contributed by atoms with Gasteiger partial charge in [-0.05, 0) is 30.2 Å². The number of benzene rings is 1. The van der Waals surface area contributed by atoms with Gasteiger partial charge in [0, 0.05) is 18.3 Å². The van der Waals surface area contributed by atoms with Crippen molar-refractivity contribution in [3.63, 3.8) is 0 Å². The Balaban J connectivity index is 1.92. The van der Waals surface area contributed by atoms with Gasteiger partial charge in [0.1, 0.15) is 5.82 Å². The Morgan fingerprint density at radius 3 is 3.11 bits per heavy atom.